The van der Waals surface area contributed by atoms with Crippen LogP contribution < -0.4 is 10.2 Å². The Hall–Kier alpha value is -1.54. The lowest BCUT2D eigenvalue weighted by Crippen LogP contribution is -2.48. The SMILES string of the molecule is O=C(NC1CCN(c2ncccc2Cl)C1)C1CCCN(CC(F)(F)F)C1. The van der Waals surface area contributed by atoms with E-state index in [9.17, 15) is 18.0 Å². The summed E-state index contributed by atoms with van der Waals surface area (Å²) >= 11 is 6.16. The summed E-state index contributed by atoms with van der Waals surface area (Å²) in [5, 5.41) is 3.56. The van der Waals surface area contributed by atoms with Crippen molar-refractivity contribution in [1.82, 2.24) is 15.2 Å². The summed E-state index contributed by atoms with van der Waals surface area (Å²) in [6.45, 7) is 0.923. The minimum atomic E-state index is -4.23. The standard InChI is InChI=1S/C17H22ClF3N4O/c18-14-4-1-6-22-15(14)25-8-5-13(10-25)23-16(26)12-3-2-7-24(9-12)11-17(19,20)21/h1,4,6,12-13H,2-3,5,7-11H2,(H,23,26). The third-order valence-electron chi connectivity index (χ3n) is 4.85. The molecule has 26 heavy (non-hydrogen) atoms. The smallest absolute Gasteiger partial charge is 0.353 e. The van der Waals surface area contributed by atoms with Crippen molar-refractivity contribution in [3.8, 4) is 0 Å². The van der Waals surface area contributed by atoms with Gasteiger partial charge in [-0.25, -0.2) is 4.98 Å². The van der Waals surface area contributed by atoms with Crippen molar-refractivity contribution in [3.63, 3.8) is 0 Å². The number of carbonyl (C=O) groups is 1. The van der Waals surface area contributed by atoms with E-state index in [4.69, 9.17) is 11.6 Å². The molecule has 0 aromatic carbocycles. The van der Waals surface area contributed by atoms with Crippen molar-refractivity contribution in [1.29, 1.82) is 0 Å². The molecule has 1 aromatic heterocycles. The maximum atomic E-state index is 12.6. The first kappa shape index (κ1) is 19.2. The van der Waals surface area contributed by atoms with Gasteiger partial charge in [-0.15, -0.1) is 0 Å². The maximum Gasteiger partial charge on any atom is 0.401 e. The van der Waals surface area contributed by atoms with Gasteiger partial charge in [-0.05, 0) is 37.9 Å². The molecule has 2 unspecified atom stereocenters. The summed E-state index contributed by atoms with van der Waals surface area (Å²) in [6, 6.07) is 3.49. The summed E-state index contributed by atoms with van der Waals surface area (Å²) in [5.41, 5.74) is 0. The average molecular weight is 391 g/mol. The number of anilines is 1. The van der Waals surface area contributed by atoms with Crippen LogP contribution >= 0.6 is 11.6 Å². The fourth-order valence-electron chi connectivity index (χ4n) is 3.67. The highest BCUT2D eigenvalue weighted by molar-refractivity contribution is 6.32. The van der Waals surface area contributed by atoms with E-state index in [0.717, 1.165) is 13.0 Å². The Morgan fingerprint density at radius 1 is 1.31 bits per heavy atom. The van der Waals surface area contributed by atoms with Crippen LogP contribution in [0.5, 0.6) is 0 Å². The van der Waals surface area contributed by atoms with Gasteiger partial charge in [0, 0.05) is 31.9 Å². The number of likely N-dealkylation sites (tertiary alicyclic amines) is 1. The van der Waals surface area contributed by atoms with Crippen LogP contribution in [0.25, 0.3) is 0 Å². The average Bonchev–Trinajstić information content (AvgIpc) is 3.02. The van der Waals surface area contributed by atoms with E-state index >= 15 is 0 Å². The van der Waals surface area contributed by atoms with Gasteiger partial charge in [0.05, 0.1) is 17.5 Å². The van der Waals surface area contributed by atoms with Gasteiger partial charge in [0.15, 0.2) is 0 Å². The van der Waals surface area contributed by atoms with Crippen LogP contribution in [0.4, 0.5) is 19.0 Å². The molecule has 2 saturated heterocycles. The van der Waals surface area contributed by atoms with Crippen molar-refractivity contribution >= 4 is 23.3 Å². The molecule has 1 amide bonds. The molecule has 0 bridgehead atoms. The van der Waals surface area contributed by atoms with Crippen LogP contribution in [0.1, 0.15) is 19.3 Å². The number of aromatic nitrogens is 1. The minimum absolute atomic E-state index is 0.0430. The van der Waals surface area contributed by atoms with Crippen LogP contribution in [0.15, 0.2) is 18.3 Å². The van der Waals surface area contributed by atoms with Crippen molar-refractivity contribution in [2.24, 2.45) is 5.92 Å². The van der Waals surface area contributed by atoms with Gasteiger partial charge in [-0.1, -0.05) is 11.6 Å². The summed E-state index contributed by atoms with van der Waals surface area (Å²) in [5.74, 6) is 0.148. The Balaban J connectivity index is 1.51. The molecule has 1 aromatic rings. The third-order valence-corrected chi connectivity index (χ3v) is 5.15. The summed E-state index contributed by atoms with van der Waals surface area (Å²) in [7, 11) is 0. The highest BCUT2D eigenvalue weighted by atomic mass is 35.5. The summed E-state index contributed by atoms with van der Waals surface area (Å²) in [4.78, 5) is 20.1. The van der Waals surface area contributed by atoms with Gasteiger partial charge in [-0.2, -0.15) is 13.2 Å². The molecule has 3 heterocycles. The molecule has 5 nitrogen and oxygen atoms in total. The number of piperidine rings is 1. The normalized spacial score (nSPS) is 24.7. The van der Waals surface area contributed by atoms with Gasteiger partial charge in [0.1, 0.15) is 5.82 Å². The number of nitrogens with one attached hydrogen (secondary N) is 1. The Morgan fingerprint density at radius 2 is 2.12 bits per heavy atom. The zero-order valence-corrected chi connectivity index (χ0v) is 15.1. The lowest BCUT2D eigenvalue weighted by molar-refractivity contribution is -0.152. The predicted molar refractivity (Wildman–Crippen MR) is 93.2 cm³/mol. The monoisotopic (exact) mass is 390 g/mol. The summed E-state index contributed by atoms with van der Waals surface area (Å²) in [6.07, 6.45) is -0.564. The Labute approximate surface area is 155 Å². The molecule has 2 atom stereocenters. The lowest BCUT2D eigenvalue weighted by Gasteiger charge is -2.32. The van der Waals surface area contributed by atoms with Crippen molar-refractivity contribution in [2.75, 3.05) is 37.6 Å². The van der Waals surface area contributed by atoms with E-state index in [-0.39, 0.29) is 18.5 Å². The number of hydrogen-bond acceptors (Lipinski definition) is 4. The van der Waals surface area contributed by atoms with Crippen molar-refractivity contribution < 1.29 is 18.0 Å². The molecule has 0 radical (unpaired) electrons. The molecule has 3 rings (SSSR count). The van der Waals surface area contributed by atoms with E-state index in [0.29, 0.717) is 36.8 Å². The van der Waals surface area contributed by atoms with Gasteiger partial charge in [0.2, 0.25) is 5.91 Å². The van der Waals surface area contributed by atoms with E-state index in [2.05, 4.69) is 10.3 Å². The molecule has 0 spiro atoms. The second-order valence-corrected chi connectivity index (χ2v) is 7.35. The van der Waals surface area contributed by atoms with Crippen LogP contribution in [0.3, 0.4) is 0 Å². The number of nitrogens with zero attached hydrogens (tertiary/aromatic N) is 3. The molecule has 144 valence electrons. The Kier molecular flexibility index (Phi) is 5.92. The molecule has 2 aliphatic rings. The maximum absolute atomic E-state index is 12.6. The van der Waals surface area contributed by atoms with E-state index in [1.807, 2.05) is 4.90 Å². The van der Waals surface area contributed by atoms with Crippen LogP contribution in [-0.2, 0) is 4.79 Å². The molecular formula is C17H22ClF3N4O. The quantitative estimate of drug-likeness (QED) is 0.858. The first-order chi connectivity index (χ1) is 12.3. The molecule has 1 N–H and O–H groups in total. The van der Waals surface area contributed by atoms with E-state index in [1.165, 1.54) is 4.90 Å². The number of amides is 1. The summed E-state index contributed by atoms with van der Waals surface area (Å²) < 4.78 is 37.7. The van der Waals surface area contributed by atoms with Gasteiger partial charge < -0.3 is 10.2 Å². The van der Waals surface area contributed by atoms with Crippen molar-refractivity contribution in [2.45, 2.75) is 31.5 Å². The number of pyridine rings is 1. The molecule has 9 heteroatoms. The molecular weight excluding hydrogens is 369 g/mol. The predicted octanol–water partition coefficient (Wildman–Crippen LogP) is 2.70. The number of carbonyl (C=O) groups excluding carboxylic acids is 1. The third kappa shape index (κ3) is 5.01. The Bertz CT molecular complexity index is 643. The second-order valence-electron chi connectivity index (χ2n) is 6.94. The van der Waals surface area contributed by atoms with Crippen LogP contribution in [-0.4, -0.2) is 60.7 Å². The zero-order valence-electron chi connectivity index (χ0n) is 14.3. The number of halogens is 4. The van der Waals surface area contributed by atoms with Gasteiger partial charge >= 0.3 is 6.18 Å². The molecule has 0 saturated carbocycles. The first-order valence-electron chi connectivity index (χ1n) is 8.77. The van der Waals surface area contributed by atoms with Gasteiger partial charge in [-0.3, -0.25) is 9.69 Å². The highest BCUT2D eigenvalue weighted by Crippen LogP contribution is 2.26. The Morgan fingerprint density at radius 3 is 2.85 bits per heavy atom. The molecule has 0 aliphatic carbocycles. The first-order valence-corrected chi connectivity index (χ1v) is 9.14. The lowest BCUT2D eigenvalue weighted by atomic mass is 9.96. The fraction of sp³-hybridized carbons (Fsp3) is 0.647. The fourth-order valence-corrected chi connectivity index (χ4v) is 3.91. The molecule has 2 aliphatic heterocycles. The topological polar surface area (TPSA) is 48.5 Å². The highest BCUT2D eigenvalue weighted by Gasteiger charge is 2.35. The number of hydrogen-bond donors (Lipinski definition) is 1. The number of rotatable bonds is 4. The minimum Gasteiger partial charge on any atom is -0.353 e. The van der Waals surface area contributed by atoms with Gasteiger partial charge in [0.25, 0.3) is 0 Å². The van der Waals surface area contributed by atoms with E-state index < -0.39 is 18.6 Å². The second kappa shape index (κ2) is 8.00. The number of alkyl halides is 3. The van der Waals surface area contributed by atoms with Crippen LogP contribution in [0, 0.1) is 5.92 Å². The zero-order chi connectivity index (χ0) is 18.7. The van der Waals surface area contributed by atoms with E-state index in [1.54, 1.807) is 18.3 Å². The largest absolute Gasteiger partial charge is 0.401 e. The van der Waals surface area contributed by atoms with Crippen molar-refractivity contribution in [3.05, 3.63) is 23.4 Å². The molecule has 2 fully saturated rings. The van der Waals surface area contributed by atoms with Crippen LogP contribution in [0.2, 0.25) is 5.02 Å².